The van der Waals surface area contributed by atoms with Crippen molar-refractivity contribution < 1.29 is 19.1 Å². The maximum absolute atomic E-state index is 11.7. The Bertz CT molecular complexity index is 627. The molecule has 0 bridgehead atoms. The summed E-state index contributed by atoms with van der Waals surface area (Å²) in [5, 5.41) is 2.40. The molecule has 0 saturated heterocycles. The highest BCUT2D eigenvalue weighted by Gasteiger charge is 2.13. The van der Waals surface area contributed by atoms with Crippen LogP contribution in [0.3, 0.4) is 0 Å². The first-order valence-corrected chi connectivity index (χ1v) is 7.17. The second-order valence-corrected chi connectivity index (χ2v) is 4.83. The van der Waals surface area contributed by atoms with Crippen LogP contribution in [0.5, 0.6) is 11.5 Å². The van der Waals surface area contributed by atoms with Crippen molar-refractivity contribution in [1.82, 2.24) is 10.5 Å². The molecule has 2 aromatic rings. The first kappa shape index (κ1) is 15.3. The molecule has 21 heavy (non-hydrogen) atoms. The summed E-state index contributed by atoms with van der Waals surface area (Å²) in [6, 6.07) is 5.49. The number of thiazole rings is 1. The second-order valence-electron chi connectivity index (χ2n) is 3.97. The summed E-state index contributed by atoms with van der Waals surface area (Å²) in [5.74, 6) is 0.900. The highest BCUT2D eigenvalue weighted by molar-refractivity contribution is 7.13. The van der Waals surface area contributed by atoms with E-state index in [4.69, 9.17) is 14.3 Å². The minimum absolute atomic E-state index is 0.318. The van der Waals surface area contributed by atoms with E-state index < -0.39 is 0 Å². The average Bonchev–Trinajstić information content (AvgIpc) is 3.01. The van der Waals surface area contributed by atoms with Crippen LogP contribution in [0.1, 0.15) is 17.4 Å². The monoisotopic (exact) mass is 308 g/mol. The topological polar surface area (TPSA) is 69.7 Å². The van der Waals surface area contributed by atoms with Crippen LogP contribution in [0.4, 0.5) is 0 Å². The third kappa shape index (κ3) is 3.50. The molecule has 2 rings (SSSR count). The fourth-order valence-electron chi connectivity index (χ4n) is 1.67. The van der Waals surface area contributed by atoms with Crippen LogP contribution in [0.2, 0.25) is 0 Å². The van der Waals surface area contributed by atoms with Crippen molar-refractivity contribution in [3.63, 3.8) is 0 Å². The van der Waals surface area contributed by atoms with E-state index in [1.165, 1.54) is 11.3 Å². The molecule has 0 radical (unpaired) electrons. The number of rotatable bonds is 6. The zero-order chi connectivity index (χ0) is 15.2. The van der Waals surface area contributed by atoms with E-state index in [-0.39, 0.29) is 5.91 Å². The first-order chi connectivity index (χ1) is 10.2. The molecule has 112 valence electrons. The molecule has 0 aliphatic carbocycles. The second kappa shape index (κ2) is 7.05. The minimum Gasteiger partial charge on any atom is -0.493 e. The van der Waals surface area contributed by atoms with Crippen LogP contribution >= 0.6 is 11.3 Å². The summed E-state index contributed by atoms with van der Waals surface area (Å²) in [5.41, 5.74) is 3.49. The maximum Gasteiger partial charge on any atom is 0.294 e. The highest BCUT2D eigenvalue weighted by atomic mass is 32.1. The molecule has 6 nitrogen and oxygen atoms in total. The molecule has 1 aromatic heterocycles. The molecule has 1 aromatic carbocycles. The number of nitrogens with one attached hydrogen (secondary N) is 1. The van der Waals surface area contributed by atoms with Crippen LogP contribution in [0.15, 0.2) is 23.6 Å². The van der Waals surface area contributed by atoms with Crippen molar-refractivity contribution >= 4 is 17.2 Å². The quantitative estimate of drug-likeness (QED) is 0.830. The summed E-state index contributed by atoms with van der Waals surface area (Å²) < 4.78 is 10.5. The van der Waals surface area contributed by atoms with Crippen LogP contribution < -0.4 is 15.0 Å². The van der Waals surface area contributed by atoms with E-state index in [0.29, 0.717) is 23.8 Å². The van der Waals surface area contributed by atoms with Crippen molar-refractivity contribution in [3.05, 3.63) is 29.3 Å². The zero-order valence-electron chi connectivity index (χ0n) is 12.0. The predicted octanol–water partition coefficient (Wildman–Crippen LogP) is 2.51. The van der Waals surface area contributed by atoms with Crippen LogP contribution in [0.25, 0.3) is 10.6 Å². The van der Waals surface area contributed by atoms with Gasteiger partial charge >= 0.3 is 0 Å². The molecule has 7 heteroatoms. The van der Waals surface area contributed by atoms with Gasteiger partial charge in [-0.3, -0.25) is 9.63 Å². The van der Waals surface area contributed by atoms with Crippen molar-refractivity contribution in [2.45, 2.75) is 6.92 Å². The van der Waals surface area contributed by atoms with Crippen molar-refractivity contribution in [2.75, 3.05) is 20.8 Å². The van der Waals surface area contributed by atoms with Gasteiger partial charge in [-0.1, -0.05) is 0 Å². The standard InChI is InChI=1S/C14H16N2O4S/c1-4-20-16-13(17)10-8-21-14(15-10)9-5-6-11(18-2)12(7-9)19-3/h5-8H,4H2,1-3H3,(H,16,17). The number of hydrogen-bond donors (Lipinski definition) is 1. The Morgan fingerprint density at radius 3 is 2.71 bits per heavy atom. The summed E-state index contributed by atoms with van der Waals surface area (Å²) in [4.78, 5) is 20.9. The molecule has 1 amide bonds. The van der Waals surface area contributed by atoms with Gasteiger partial charge in [-0.2, -0.15) is 0 Å². The summed E-state index contributed by atoms with van der Waals surface area (Å²) in [6.07, 6.45) is 0. The van der Waals surface area contributed by atoms with Crippen molar-refractivity contribution in [1.29, 1.82) is 0 Å². The van der Waals surface area contributed by atoms with E-state index in [2.05, 4.69) is 10.5 Å². The number of hydroxylamine groups is 1. The van der Waals surface area contributed by atoms with E-state index in [9.17, 15) is 4.79 Å². The SMILES string of the molecule is CCONC(=O)c1csc(-c2ccc(OC)c(OC)c2)n1. The van der Waals surface area contributed by atoms with Gasteiger partial charge in [-0.25, -0.2) is 10.5 Å². The van der Waals surface area contributed by atoms with Crippen molar-refractivity contribution in [3.8, 4) is 22.1 Å². The Balaban J connectivity index is 2.23. The van der Waals surface area contributed by atoms with E-state index in [1.807, 2.05) is 12.1 Å². The number of nitrogens with zero attached hydrogens (tertiary/aromatic N) is 1. The number of methoxy groups -OCH3 is 2. The molecule has 0 spiro atoms. The van der Waals surface area contributed by atoms with Gasteiger partial charge in [0.15, 0.2) is 11.5 Å². The number of amides is 1. The lowest BCUT2D eigenvalue weighted by atomic mass is 10.2. The Labute approximate surface area is 126 Å². The van der Waals surface area contributed by atoms with Crippen LogP contribution in [0, 0.1) is 0 Å². The first-order valence-electron chi connectivity index (χ1n) is 6.29. The molecule has 0 atom stereocenters. The molecule has 1 heterocycles. The number of aromatic nitrogens is 1. The van der Waals surface area contributed by atoms with Crippen LogP contribution in [-0.4, -0.2) is 31.7 Å². The predicted molar refractivity (Wildman–Crippen MR) is 79.7 cm³/mol. The lowest BCUT2D eigenvalue weighted by Crippen LogP contribution is -2.23. The molecular weight excluding hydrogens is 292 g/mol. The van der Waals surface area contributed by atoms with Gasteiger partial charge in [0.25, 0.3) is 5.91 Å². The van der Waals surface area contributed by atoms with Gasteiger partial charge in [-0.15, -0.1) is 11.3 Å². The number of carbonyl (C=O) groups excluding carboxylic acids is 1. The van der Waals surface area contributed by atoms with Crippen molar-refractivity contribution in [2.24, 2.45) is 0 Å². The number of hydrogen-bond acceptors (Lipinski definition) is 6. The van der Waals surface area contributed by atoms with Gasteiger partial charge in [0.2, 0.25) is 0 Å². The summed E-state index contributed by atoms with van der Waals surface area (Å²) in [7, 11) is 3.15. The average molecular weight is 308 g/mol. The molecular formula is C14H16N2O4S. The molecule has 0 fully saturated rings. The van der Waals surface area contributed by atoms with E-state index in [0.717, 1.165) is 10.6 Å². The largest absolute Gasteiger partial charge is 0.493 e. The summed E-state index contributed by atoms with van der Waals surface area (Å²) >= 11 is 1.37. The minimum atomic E-state index is -0.361. The molecule has 1 N–H and O–H groups in total. The maximum atomic E-state index is 11.7. The van der Waals surface area contributed by atoms with E-state index >= 15 is 0 Å². The fraction of sp³-hybridized carbons (Fsp3) is 0.286. The molecule has 0 unspecified atom stereocenters. The molecule has 0 aliphatic heterocycles. The zero-order valence-corrected chi connectivity index (χ0v) is 12.8. The van der Waals surface area contributed by atoms with E-state index in [1.54, 1.807) is 32.6 Å². The van der Waals surface area contributed by atoms with Gasteiger partial charge in [0.05, 0.1) is 20.8 Å². The van der Waals surface area contributed by atoms with Gasteiger partial charge < -0.3 is 9.47 Å². The Morgan fingerprint density at radius 1 is 1.29 bits per heavy atom. The number of benzene rings is 1. The van der Waals surface area contributed by atoms with Gasteiger partial charge in [0, 0.05) is 10.9 Å². The number of carbonyl (C=O) groups is 1. The molecule has 0 saturated carbocycles. The fourth-order valence-corrected chi connectivity index (χ4v) is 2.47. The molecule has 0 aliphatic rings. The summed E-state index contributed by atoms with van der Waals surface area (Å²) in [6.45, 7) is 2.19. The van der Waals surface area contributed by atoms with Crippen LogP contribution in [-0.2, 0) is 4.84 Å². The lowest BCUT2D eigenvalue weighted by molar-refractivity contribution is 0.0360. The Kier molecular flexibility index (Phi) is 5.13. The highest BCUT2D eigenvalue weighted by Crippen LogP contribution is 2.33. The third-order valence-electron chi connectivity index (χ3n) is 2.68. The van der Waals surface area contributed by atoms with Gasteiger partial charge in [-0.05, 0) is 25.1 Å². The lowest BCUT2D eigenvalue weighted by Gasteiger charge is -2.08. The normalized spacial score (nSPS) is 10.2. The Hall–Kier alpha value is -2.12. The smallest absolute Gasteiger partial charge is 0.294 e. The van der Waals surface area contributed by atoms with Gasteiger partial charge in [0.1, 0.15) is 10.7 Å². The number of ether oxygens (including phenoxy) is 2. The Morgan fingerprint density at radius 2 is 2.05 bits per heavy atom. The third-order valence-corrected chi connectivity index (χ3v) is 3.57.